The molecule has 11 heavy (non-hydrogen) atoms. The van der Waals surface area contributed by atoms with Crippen LogP contribution in [-0.2, 0) is 6.42 Å². The van der Waals surface area contributed by atoms with Crippen LogP contribution in [0.2, 0.25) is 0 Å². The first-order chi connectivity index (χ1) is 5.42. The van der Waals surface area contributed by atoms with Crippen LogP contribution in [0.1, 0.15) is 12.6 Å². The zero-order valence-corrected chi connectivity index (χ0v) is 6.20. The van der Waals surface area contributed by atoms with E-state index in [0.29, 0.717) is 0 Å². The van der Waals surface area contributed by atoms with E-state index in [1.165, 1.54) is 0 Å². The van der Waals surface area contributed by atoms with Gasteiger partial charge in [0.2, 0.25) is 0 Å². The highest BCUT2D eigenvalue weighted by molar-refractivity contribution is 5.75. The second-order valence-electron chi connectivity index (χ2n) is 2.31. The maximum atomic E-state index is 4.13. The van der Waals surface area contributed by atoms with Gasteiger partial charge in [0.05, 0.1) is 17.3 Å². The molecule has 0 unspecified atom stereocenters. The Morgan fingerprint density at radius 1 is 1.45 bits per heavy atom. The molecule has 2 aromatic heterocycles. The molecule has 0 aliphatic rings. The summed E-state index contributed by atoms with van der Waals surface area (Å²) in [5.41, 5.74) is 1.86. The SMILES string of the molecule is CCc1ncnc2[nH]ncc12. The van der Waals surface area contributed by atoms with Gasteiger partial charge in [-0.25, -0.2) is 9.97 Å². The first kappa shape index (κ1) is 6.27. The van der Waals surface area contributed by atoms with Gasteiger partial charge in [0.15, 0.2) is 5.65 Å². The van der Waals surface area contributed by atoms with Gasteiger partial charge in [-0.1, -0.05) is 6.92 Å². The van der Waals surface area contributed by atoms with Crippen molar-refractivity contribution in [3.05, 3.63) is 18.2 Å². The minimum atomic E-state index is 0.817. The van der Waals surface area contributed by atoms with Gasteiger partial charge in [0, 0.05) is 0 Å². The van der Waals surface area contributed by atoms with Crippen molar-refractivity contribution in [2.45, 2.75) is 13.3 Å². The molecule has 0 bridgehead atoms. The first-order valence-corrected chi connectivity index (χ1v) is 3.54. The lowest BCUT2D eigenvalue weighted by Crippen LogP contribution is -1.88. The normalized spacial score (nSPS) is 10.6. The number of nitrogens with one attached hydrogen (secondary N) is 1. The van der Waals surface area contributed by atoms with Crippen molar-refractivity contribution in [2.24, 2.45) is 0 Å². The van der Waals surface area contributed by atoms with Crippen molar-refractivity contribution in [2.75, 3.05) is 0 Å². The predicted molar refractivity (Wildman–Crippen MR) is 41.1 cm³/mol. The van der Waals surface area contributed by atoms with E-state index in [0.717, 1.165) is 23.1 Å². The maximum absolute atomic E-state index is 4.13. The molecule has 0 fully saturated rings. The summed E-state index contributed by atoms with van der Waals surface area (Å²) in [5.74, 6) is 0. The molecule has 0 aliphatic heterocycles. The summed E-state index contributed by atoms with van der Waals surface area (Å²) in [4.78, 5) is 8.15. The smallest absolute Gasteiger partial charge is 0.158 e. The van der Waals surface area contributed by atoms with Crippen molar-refractivity contribution >= 4 is 11.0 Å². The minimum absolute atomic E-state index is 0.817. The van der Waals surface area contributed by atoms with Crippen LogP contribution in [-0.4, -0.2) is 20.2 Å². The molecule has 0 saturated carbocycles. The second kappa shape index (κ2) is 2.30. The number of aromatic nitrogens is 4. The molecule has 0 aliphatic carbocycles. The van der Waals surface area contributed by atoms with Crippen LogP contribution < -0.4 is 0 Å². The lowest BCUT2D eigenvalue weighted by atomic mass is 10.2. The summed E-state index contributed by atoms with van der Waals surface area (Å²) in [5, 5.41) is 7.70. The summed E-state index contributed by atoms with van der Waals surface area (Å²) in [6.07, 6.45) is 4.23. The van der Waals surface area contributed by atoms with Crippen LogP contribution in [0.15, 0.2) is 12.5 Å². The van der Waals surface area contributed by atoms with E-state index >= 15 is 0 Å². The summed E-state index contributed by atoms with van der Waals surface area (Å²) in [6, 6.07) is 0. The van der Waals surface area contributed by atoms with Gasteiger partial charge in [-0.2, -0.15) is 5.10 Å². The molecular formula is C7H8N4. The Morgan fingerprint density at radius 3 is 3.18 bits per heavy atom. The fourth-order valence-electron chi connectivity index (χ4n) is 1.10. The third-order valence-corrected chi connectivity index (χ3v) is 1.67. The van der Waals surface area contributed by atoms with Crippen LogP contribution in [0.3, 0.4) is 0 Å². The Balaban J connectivity index is 2.79. The number of aryl methyl sites for hydroxylation is 1. The quantitative estimate of drug-likeness (QED) is 0.654. The van der Waals surface area contributed by atoms with Gasteiger partial charge in [-0.3, -0.25) is 5.10 Å². The third-order valence-electron chi connectivity index (χ3n) is 1.67. The van der Waals surface area contributed by atoms with Crippen LogP contribution in [0.4, 0.5) is 0 Å². The van der Waals surface area contributed by atoms with E-state index in [2.05, 4.69) is 27.1 Å². The van der Waals surface area contributed by atoms with E-state index in [-0.39, 0.29) is 0 Å². The molecule has 0 atom stereocenters. The topological polar surface area (TPSA) is 54.5 Å². The fraction of sp³-hybridized carbons (Fsp3) is 0.286. The van der Waals surface area contributed by atoms with Crippen LogP contribution in [0.25, 0.3) is 11.0 Å². The summed E-state index contributed by atoms with van der Waals surface area (Å²) in [7, 11) is 0. The highest BCUT2D eigenvalue weighted by Crippen LogP contribution is 2.10. The predicted octanol–water partition coefficient (Wildman–Crippen LogP) is 0.915. The summed E-state index contributed by atoms with van der Waals surface area (Å²) >= 11 is 0. The van der Waals surface area contributed by atoms with Gasteiger partial charge in [-0.15, -0.1) is 0 Å². The molecule has 1 N–H and O–H groups in total. The number of aromatic amines is 1. The number of nitrogens with zero attached hydrogens (tertiary/aromatic N) is 3. The Hall–Kier alpha value is -1.45. The molecule has 0 spiro atoms. The van der Waals surface area contributed by atoms with E-state index in [1.54, 1.807) is 12.5 Å². The molecule has 4 heteroatoms. The fourth-order valence-corrected chi connectivity index (χ4v) is 1.10. The van der Waals surface area contributed by atoms with E-state index in [9.17, 15) is 0 Å². The number of hydrogen-bond donors (Lipinski definition) is 1. The Morgan fingerprint density at radius 2 is 2.36 bits per heavy atom. The molecule has 2 rings (SSSR count). The lowest BCUT2D eigenvalue weighted by Gasteiger charge is -1.93. The number of fused-ring (bicyclic) bond motifs is 1. The zero-order valence-electron chi connectivity index (χ0n) is 6.20. The molecule has 0 radical (unpaired) electrons. The number of H-pyrrole nitrogens is 1. The van der Waals surface area contributed by atoms with Crippen molar-refractivity contribution in [1.82, 2.24) is 20.2 Å². The van der Waals surface area contributed by atoms with Crippen molar-refractivity contribution in [1.29, 1.82) is 0 Å². The van der Waals surface area contributed by atoms with Crippen molar-refractivity contribution in [3.63, 3.8) is 0 Å². The Labute approximate surface area is 63.7 Å². The molecule has 2 heterocycles. The molecule has 0 aromatic carbocycles. The third kappa shape index (κ3) is 0.869. The number of rotatable bonds is 1. The van der Waals surface area contributed by atoms with Gasteiger partial charge < -0.3 is 0 Å². The van der Waals surface area contributed by atoms with Crippen molar-refractivity contribution < 1.29 is 0 Å². The minimum Gasteiger partial charge on any atom is -0.261 e. The van der Waals surface area contributed by atoms with Crippen LogP contribution >= 0.6 is 0 Å². The van der Waals surface area contributed by atoms with Gasteiger partial charge in [0.25, 0.3) is 0 Å². The zero-order chi connectivity index (χ0) is 7.68. The lowest BCUT2D eigenvalue weighted by molar-refractivity contribution is 1.02. The average Bonchev–Trinajstić information content (AvgIpc) is 2.50. The van der Waals surface area contributed by atoms with Crippen LogP contribution in [0.5, 0.6) is 0 Å². The van der Waals surface area contributed by atoms with E-state index in [4.69, 9.17) is 0 Å². The molecule has 2 aromatic rings. The number of hydrogen-bond acceptors (Lipinski definition) is 3. The van der Waals surface area contributed by atoms with Crippen LogP contribution in [0, 0.1) is 0 Å². The van der Waals surface area contributed by atoms with Crippen molar-refractivity contribution in [3.8, 4) is 0 Å². The standard InChI is InChI=1S/C7H8N4/c1-2-6-5-3-10-11-7(5)9-4-8-6/h3-4H,2H2,1H3,(H,8,9,10,11). The van der Waals surface area contributed by atoms with Gasteiger partial charge in [0.1, 0.15) is 6.33 Å². The summed E-state index contributed by atoms with van der Waals surface area (Å²) in [6.45, 7) is 2.06. The maximum Gasteiger partial charge on any atom is 0.158 e. The molecule has 0 amide bonds. The van der Waals surface area contributed by atoms with E-state index in [1.807, 2.05) is 0 Å². The highest BCUT2D eigenvalue weighted by atomic mass is 15.1. The first-order valence-electron chi connectivity index (χ1n) is 3.54. The molecule has 0 saturated heterocycles. The Kier molecular flexibility index (Phi) is 1.31. The van der Waals surface area contributed by atoms with Gasteiger partial charge in [-0.05, 0) is 6.42 Å². The average molecular weight is 148 g/mol. The second-order valence-corrected chi connectivity index (χ2v) is 2.31. The monoisotopic (exact) mass is 148 g/mol. The molecule has 4 nitrogen and oxygen atoms in total. The van der Waals surface area contributed by atoms with Gasteiger partial charge >= 0.3 is 0 Å². The molecule has 56 valence electrons. The Bertz CT molecular complexity index is 365. The molecular weight excluding hydrogens is 140 g/mol. The highest BCUT2D eigenvalue weighted by Gasteiger charge is 2.01. The van der Waals surface area contributed by atoms with E-state index < -0.39 is 0 Å². The largest absolute Gasteiger partial charge is 0.261 e. The summed E-state index contributed by atoms with van der Waals surface area (Å²) < 4.78 is 0.